The SMILES string of the molecule is CCn1ncc2cc(C3CCC(=O)CC3)ccc21. The Morgan fingerprint density at radius 1 is 1.33 bits per heavy atom. The van der Waals surface area contributed by atoms with E-state index >= 15 is 0 Å². The van der Waals surface area contributed by atoms with Gasteiger partial charge in [0.15, 0.2) is 0 Å². The molecule has 3 heteroatoms. The highest BCUT2D eigenvalue weighted by Gasteiger charge is 2.20. The van der Waals surface area contributed by atoms with Gasteiger partial charge in [-0.25, -0.2) is 0 Å². The monoisotopic (exact) mass is 242 g/mol. The van der Waals surface area contributed by atoms with E-state index < -0.39 is 0 Å². The van der Waals surface area contributed by atoms with Gasteiger partial charge in [-0.15, -0.1) is 0 Å². The number of hydrogen-bond donors (Lipinski definition) is 0. The molecule has 3 rings (SSSR count). The van der Waals surface area contributed by atoms with Gasteiger partial charge >= 0.3 is 0 Å². The molecular formula is C15H18N2O. The maximum Gasteiger partial charge on any atom is 0.132 e. The Kier molecular flexibility index (Phi) is 2.90. The lowest BCUT2D eigenvalue weighted by Gasteiger charge is -2.21. The van der Waals surface area contributed by atoms with Crippen LogP contribution in [0, 0.1) is 0 Å². The van der Waals surface area contributed by atoms with Crippen LogP contribution in [0.15, 0.2) is 24.4 Å². The van der Waals surface area contributed by atoms with E-state index in [1.165, 1.54) is 16.5 Å². The van der Waals surface area contributed by atoms with Gasteiger partial charge in [-0.1, -0.05) is 6.07 Å². The van der Waals surface area contributed by atoms with E-state index in [2.05, 4.69) is 30.2 Å². The van der Waals surface area contributed by atoms with Crippen molar-refractivity contribution >= 4 is 16.7 Å². The third kappa shape index (κ3) is 1.94. The number of Topliss-reactive ketones (excluding diaryl/α,β-unsaturated/α-hetero) is 1. The first-order chi connectivity index (χ1) is 8.78. The molecule has 0 aliphatic heterocycles. The van der Waals surface area contributed by atoms with E-state index in [1.807, 2.05) is 10.9 Å². The predicted octanol–water partition coefficient (Wildman–Crippen LogP) is 3.28. The highest BCUT2D eigenvalue weighted by molar-refractivity contribution is 5.81. The molecule has 1 fully saturated rings. The standard InChI is InChI=1S/C15H18N2O/c1-2-17-15-8-5-12(9-13(15)10-16-17)11-3-6-14(18)7-4-11/h5,8-11H,2-4,6-7H2,1H3. The number of ketones is 1. The second kappa shape index (κ2) is 4.56. The highest BCUT2D eigenvalue weighted by atomic mass is 16.1. The summed E-state index contributed by atoms with van der Waals surface area (Å²) in [6.45, 7) is 3.01. The fourth-order valence-electron chi connectivity index (χ4n) is 2.88. The average Bonchev–Trinajstić information content (AvgIpc) is 2.81. The van der Waals surface area contributed by atoms with Gasteiger partial charge in [-0.2, -0.15) is 5.10 Å². The van der Waals surface area contributed by atoms with E-state index in [0.717, 1.165) is 32.2 Å². The van der Waals surface area contributed by atoms with Gasteiger partial charge in [0, 0.05) is 24.8 Å². The molecule has 94 valence electrons. The summed E-state index contributed by atoms with van der Waals surface area (Å²) in [6.07, 6.45) is 5.45. The average molecular weight is 242 g/mol. The summed E-state index contributed by atoms with van der Waals surface area (Å²) in [7, 11) is 0. The maximum absolute atomic E-state index is 11.3. The van der Waals surface area contributed by atoms with Crippen LogP contribution in [0.5, 0.6) is 0 Å². The van der Waals surface area contributed by atoms with Crippen molar-refractivity contribution in [3.8, 4) is 0 Å². The molecule has 1 aromatic carbocycles. The van der Waals surface area contributed by atoms with Gasteiger partial charge in [0.25, 0.3) is 0 Å². The lowest BCUT2D eigenvalue weighted by atomic mass is 9.83. The predicted molar refractivity (Wildman–Crippen MR) is 71.6 cm³/mol. The Labute approximate surface area is 107 Å². The molecule has 1 aliphatic rings. The summed E-state index contributed by atoms with van der Waals surface area (Å²) in [5.74, 6) is 0.975. The summed E-state index contributed by atoms with van der Waals surface area (Å²) < 4.78 is 2.02. The molecule has 1 aromatic heterocycles. The normalized spacial score (nSPS) is 17.5. The molecule has 0 radical (unpaired) electrons. The second-order valence-electron chi connectivity index (χ2n) is 5.09. The Morgan fingerprint density at radius 3 is 2.83 bits per heavy atom. The number of nitrogens with zero attached hydrogens (tertiary/aromatic N) is 2. The van der Waals surface area contributed by atoms with Crippen molar-refractivity contribution in [1.29, 1.82) is 0 Å². The number of rotatable bonds is 2. The van der Waals surface area contributed by atoms with E-state index in [4.69, 9.17) is 0 Å². The molecule has 0 bridgehead atoms. The van der Waals surface area contributed by atoms with Crippen LogP contribution in [-0.4, -0.2) is 15.6 Å². The summed E-state index contributed by atoms with van der Waals surface area (Å²) in [5.41, 5.74) is 2.57. The molecular weight excluding hydrogens is 224 g/mol. The van der Waals surface area contributed by atoms with Crippen molar-refractivity contribution in [2.24, 2.45) is 0 Å². The number of aromatic nitrogens is 2. The van der Waals surface area contributed by atoms with Crippen molar-refractivity contribution in [1.82, 2.24) is 9.78 Å². The van der Waals surface area contributed by atoms with Gasteiger partial charge in [0.2, 0.25) is 0 Å². The van der Waals surface area contributed by atoms with E-state index in [0.29, 0.717) is 11.7 Å². The number of fused-ring (bicyclic) bond motifs is 1. The van der Waals surface area contributed by atoms with Crippen LogP contribution >= 0.6 is 0 Å². The van der Waals surface area contributed by atoms with Crippen LogP contribution in [0.2, 0.25) is 0 Å². The topological polar surface area (TPSA) is 34.9 Å². The van der Waals surface area contributed by atoms with Gasteiger partial charge in [0.05, 0.1) is 11.7 Å². The van der Waals surface area contributed by atoms with Crippen molar-refractivity contribution in [2.75, 3.05) is 0 Å². The van der Waals surface area contributed by atoms with Crippen LogP contribution in [0.4, 0.5) is 0 Å². The molecule has 1 heterocycles. The molecule has 2 aromatic rings. The minimum atomic E-state index is 0.422. The number of hydrogen-bond acceptors (Lipinski definition) is 2. The van der Waals surface area contributed by atoms with Gasteiger partial charge in [-0.3, -0.25) is 9.48 Å². The van der Waals surface area contributed by atoms with Crippen LogP contribution < -0.4 is 0 Å². The molecule has 18 heavy (non-hydrogen) atoms. The Balaban J connectivity index is 1.91. The largest absolute Gasteiger partial charge is 0.300 e. The fraction of sp³-hybridized carbons (Fsp3) is 0.467. The maximum atomic E-state index is 11.3. The zero-order valence-corrected chi connectivity index (χ0v) is 10.7. The summed E-state index contributed by atoms with van der Waals surface area (Å²) in [4.78, 5) is 11.3. The van der Waals surface area contributed by atoms with Crippen molar-refractivity contribution < 1.29 is 4.79 Å². The van der Waals surface area contributed by atoms with Crippen LogP contribution in [0.25, 0.3) is 10.9 Å². The van der Waals surface area contributed by atoms with Gasteiger partial charge in [0.1, 0.15) is 5.78 Å². The molecule has 0 amide bonds. The minimum Gasteiger partial charge on any atom is -0.300 e. The molecule has 1 saturated carbocycles. The number of carbonyl (C=O) groups excluding carboxylic acids is 1. The third-order valence-electron chi connectivity index (χ3n) is 3.98. The lowest BCUT2D eigenvalue weighted by Crippen LogP contribution is -2.12. The first-order valence-electron chi connectivity index (χ1n) is 6.75. The van der Waals surface area contributed by atoms with Gasteiger partial charge in [-0.05, 0) is 43.4 Å². The van der Waals surface area contributed by atoms with E-state index in [1.54, 1.807) is 0 Å². The molecule has 0 N–H and O–H groups in total. The zero-order valence-electron chi connectivity index (χ0n) is 10.7. The minimum absolute atomic E-state index is 0.422. The summed E-state index contributed by atoms with van der Waals surface area (Å²) >= 11 is 0. The first-order valence-corrected chi connectivity index (χ1v) is 6.75. The molecule has 0 saturated heterocycles. The number of aryl methyl sites for hydroxylation is 1. The zero-order chi connectivity index (χ0) is 12.5. The number of benzene rings is 1. The molecule has 1 aliphatic carbocycles. The quantitative estimate of drug-likeness (QED) is 0.810. The van der Waals surface area contributed by atoms with E-state index in [-0.39, 0.29) is 0 Å². The smallest absolute Gasteiger partial charge is 0.132 e. The Bertz CT molecular complexity index is 575. The third-order valence-corrected chi connectivity index (χ3v) is 3.98. The second-order valence-corrected chi connectivity index (χ2v) is 5.09. The van der Waals surface area contributed by atoms with Crippen molar-refractivity contribution in [3.05, 3.63) is 30.0 Å². The highest BCUT2D eigenvalue weighted by Crippen LogP contribution is 2.32. The Morgan fingerprint density at radius 2 is 2.11 bits per heavy atom. The van der Waals surface area contributed by atoms with Crippen LogP contribution in [0.3, 0.4) is 0 Å². The summed E-state index contributed by atoms with van der Waals surface area (Å²) in [6, 6.07) is 6.61. The Hall–Kier alpha value is -1.64. The lowest BCUT2D eigenvalue weighted by molar-refractivity contribution is -0.120. The van der Waals surface area contributed by atoms with Crippen LogP contribution in [0.1, 0.15) is 44.1 Å². The van der Waals surface area contributed by atoms with E-state index in [9.17, 15) is 4.79 Å². The summed E-state index contributed by atoms with van der Waals surface area (Å²) in [5, 5.41) is 5.59. The molecule has 0 unspecified atom stereocenters. The van der Waals surface area contributed by atoms with Crippen molar-refractivity contribution in [2.45, 2.75) is 45.1 Å². The fourth-order valence-corrected chi connectivity index (χ4v) is 2.88. The molecule has 0 atom stereocenters. The van der Waals surface area contributed by atoms with Crippen molar-refractivity contribution in [3.63, 3.8) is 0 Å². The van der Waals surface area contributed by atoms with Gasteiger partial charge < -0.3 is 0 Å². The first kappa shape index (κ1) is 11.5. The number of carbonyl (C=O) groups is 1. The molecule has 3 nitrogen and oxygen atoms in total. The van der Waals surface area contributed by atoms with Crippen LogP contribution in [-0.2, 0) is 11.3 Å². The molecule has 0 spiro atoms.